The zero-order valence-corrected chi connectivity index (χ0v) is 15.9. The Morgan fingerprint density at radius 1 is 1.04 bits per heavy atom. The van der Waals surface area contributed by atoms with Gasteiger partial charge in [-0.05, 0) is 31.4 Å². The van der Waals surface area contributed by atoms with Crippen LogP contribution in [-0.4, -0.2) is 35.3 Å². The lowest BCUT2D eigenvalue weighted by Crippen LogP contribution is -2.35. The van der Waals surface area contributed by atoms with Gasteiger partial charge in [-0.15, -0.1) is 0 Å². The van der Waals surface area contributed by atoms with E-state index in [4.69, 9.17) is 4.74 Å². The Morgan fingerprint density at radius 2 is 1.78 bits per heavy atom. The van der Waals surface area contributed by atoms with Gasteiger partial charge in [0.05, 0.1) is 18.8 Å². The molecule has 1 fully saturated rings. The topological polar surface area (TPSA) is 41.1 Å². The van der Waals surface area contributed by atoms with Gasteiger partial charge in [-0.25, -0.2) is 0 Å². The van der Waals surface area contributed by atoms with E-state index in [0.29, 0.717) is 6.04 Å². The number of nitrogens with zero attached hydrogens (tertiary/aromatic N) is 2. The van der Waals surface area contributed by atoms with Crippen molar-refractivity contribution in [2.75, 3.05) is 20.2 Å². The lowest BCUT2D eigenvalue weighted by atomic mass is 9.97. The van der Waals surface area contributed by atoms with Gasteiger partial charge in [0, 0.05) is 12.1 Å². The maximum absolute atomic E-state index is 5.81. The van der Waals surface area contributed by atoms with Crippen molar-refractivity contribution in [2.45, 2.75) is 31.7 Å². The van der Waals surface area contributed by atoms with Gasteiger partial charge in [0.2, 0.25) is 0 Å². The number of hydrogen-bond donors (Lipinski definition) is 1. The molecule has 3 aromatic rings. The number of likely N-dealkylation sites (tertiary alicyclic amines) is 1. The molecule has 0 amide bonds. The third kappa shape index (κ3) is 3.91. The molecule has 27 heavy (non-hydrogen) atoms. The van der Waals surface area contributed by atoms with Gasteiger partial charge in [0.1, 0.15) is 5.69 Å². The number of hydrogen-bond acceptors (Lipinski definition) is 3. The molecular formula is C23H27N3O. The highest BCUT2D eigenvalue weighted by Crippen LogP contribution is 2.39. The largest absolute Gasteiger partial charge is 0.492 e. The predicted molar refractivity (Wildman–Crippen MR) is 109 cm³/mol. The van der Waals surface area contributed by atoms with Gasteiger partial charge < -0.3 is 4.74 Å². The summed E-state index contributed by atoms with van der Waals surface area (Å²) in [6, 6.07) is 21.3. The van der Waals surface area contributed by atoms with Crippen molar-refractivity contribution in [1.82, 2.24) is 15.1 Å². The van der Waals surface area contributed by atoms with E-state index in [1.165, 1.54) is 18.4 Å². The third-order valence-corrected chi connectivity index (χ3v) is 5.48. The first-order valence-electron chi connectivity index (χ1n) is 9.82. The molecule has 140 valence electrons. The highest BCUT2D eigenvalue weighted by molar-refractivity contribution is 5.67. The molecule has 1 N–H and O–H groups in total. The standard InChI is InChI=1S/C23H27N3O/c1-27-23-21(19-12-6-3-7-13-19)24-25-22(23)20-14-8-9-16-26(20)17-15-18-10-4-2-5-11-18/h2-7,10-13,20H,8-9,14-17H2,1H3,(H,24,25). The monoisotopic (exact) mass is 361 g/mol. The number of ether oxygens (including phenoxy) is 1. The highest BCUT2D eigenvalue weighted by atomic mass is 16.5. The molecule has 0 bridgehead atoms. The quantitative estimate of drug-likeness (QED) is 0.682. The van der Waals surface area contributed by atoms with E-state index in [1.807, 2.05) is 18.2 Å². The van der Waals surface area contributed by atoms with Gasteiger partial charge in [-0.2, -0.15) is 5.10 Å². The molecular weight excluding hydrogens is 334 g/mol. The first-order chi connectivity index (χ1) is 13.4. The van der Waals surface area contributed by atoms with Crippen LogP contribution in [0.4, 0.5) is 0 Å². The van der Waals surface area contributed by atoms with Crippen LogP contribution in [0.5, 0.6) is 5.75 Å². The SMILES string of the molecule is COc1c(-c2ccccc2)n[nH]c1C1CCCCN1CCc1ccccc1. The number of aromatic amines is 1. The van der Waals surface area contributed by atoms with E-state index in [2.05, 4.69) is 57.6 Å². The fourth-order valence-corrected chi connectivity index (χ4v) is 4.07. The van der Waals surface area contributed by atoms with Crippen LogP contribution in [0, 0.1) is 0 Å². The van der Waals surface area contributed by atoms with Gasteiger partial charge in [-0.3, -0.25) is 10.00 Å². The first-order valence-corrected chi connectivity index (χ1v) is 9.82. The van der Waals surface area contributed by atoms with Crippen molar-refractivity contribution in [3.8, 4) is 17.0 Å². The summed E-state index contributed by atoms with van der Waals surface area (Å²) < 4.78 is 5.81. The number of rotatable bonds is 6. The van der Waals surface area contributed by atoms with Crippen LogP contribution < -0.4 is 4.74 Å². The van der Waals surface area contributed by atoms with Crippen molar-refractivity contribution in [2.24, 2.45) is 0 Å². The van der Waals surface area contributed by atoms with E-state index in [0.717, 1.165) is 48.6 Å². The van der Waals surface area contributed by atoms with Crippen molar-refractivity contribution < 1.29 is 4.74 Å². The minimum atomic E-state index is 0.336. The van der Waals surface area contributed by atoms with Gasteiger partial charge in [0.25, 0.3) is 0 Å². The van der Waals surface area contributed by atoms with Gasteiger partial charge in [0.15, 0.2) is 5.75 Å². The normalized spacial score (nSPS) is 17.7. The number of benzene rings is 2. The Labute approximate surface area is 161 Å². The summed E-state index contributed by atoms with van der Waals surface area (Å²) in [6.45, 7) is 2.18. The average molecular weight is 361 g/mol. The van der Waals surface area contributed by atoms with E-state index in [-0.39, 0.29) is 0 Å². The second-order valence-corrected chi connectivity index (χ2v) is 7.17. The molecule has 2 aromatic carbocycles. The molecule has 1 aliphatic heterocycles. The van der Waals surface area contributed by atoms with Crippen LogP contribution in [0.15, 0.2) is 60.7 Å². The van der Waals surface area contributed by atoms with Crippen LogP contribution in [-0.2, 0) is 6.42 Å². The highest BCUT2D eigenvalue weighted by Gasteiger charge is 2.29. The Balaban J connectivity index is 1.57. The van der Waals surface area contributed by atoms with Crippen molar-refractivity contribution in [1.29, 1.82) is 0 Å². The summed E-state index contributed by atoms with van der Waals surface area (Å²) in [6.07, 6.45) is 4.71. The van der Waals surface area contributed by atoms with E-state index in [1.54, 1.807) is 7.11 Å². The molecule has 4 nitrogen and oxygen atoms in total. The molecule has 1 unspecified atom stereocenters. The van der Waals surface area contributed by atoms with Crippen LogP contribution >= 0.6 is 0 Å². The molecule has 1 saturated heterocycles. The maximum Gasteiger partial charge on any atom is 0.169 e. The Kier molecular flexibility index (Phi) is 5.54. The smallest absolute Gasteiger partial charge is 0.169 e. The second kappa shape index (κ2) is 8.40. The number of methoxy groups -OCH3 is 1. The van der Waals surface area contributed by atoms with E-state index >= 15 is 0 Å². The van der Waals surface area contributed by atoms with Crippen LogP contribution in [0.1, 0.15) is 36.6 Å². The molecule has 4 rings (SSSR count). The van der Waals surface area contributed by atoms with E-state index in [9.17, 15) is 0 Å². The van der Waals surface area contributed by atoms with Crippen LogP contribution in [0.3, 0.4) is 0 Å². The summed E-state index contributed by atoms with van der Waals surface area (Å²) in [4.78, 5) is 2.58. The summed E-state index contributed by atoms with van der Waals surface area (Å²) in [5, 5.41) is 7.91. The van der Waals surface area contributed by atoms with Crippen molar-refractivity contribution in [3.05, 3.63) is 71.9 Å². The molecule has 4 heteroatoms. The summed E-state index contributed by atoms with van der Waals surface area (Å²) in [5.41, 5.74) is 4.50. The zero-order chi connectivity index (χ0) is 18.5. The third-order valence-electron chi connectivity index (χ3n) is 5.48. The van der Waals surface area contributed by atoms with E-state index < -0.39 is 0 Å². The molecule has 0 aliphatic carbocycles. The number of H-pyrrole nitrogens is 1. The molecule has 0 radical (unpaired) electrons. The predicted octanol–water partition coefficient (Wildman–Crippen LogP) is 4.86. The number of nitrogens with one attached hydrogen (secondary N) is 1. The molecule has 1 aromatic heterocycles. The minimum absolute atomic E-state index is 0.336. The number of piperidine rings is 1. The Bertz CT molecular complexity index is 845. The lowest BCUT2D eigenvalue weighted by Gasteiger charge is -2.35. The fraction of sp³-hybridized carbons (Fsp3) is 0.348. The van der Waals surface area contributed by atoms with Crippen LogP contribution in [0.2, 0.25) is 0 Å². The fourth-order valence-electron chi connectivity index (χ4n) is 4.07. The molecule has 0 saturated carbocycles. The molecule has 1 aliphatic rings. The average Bonchev–Trinajstić information content (AvgIpc) is 3.18. The van der Waals surface area contributed by atoms with Crippen molar-refractivity contribution in [3.63, 3.8) is 0 Å². The summed E-state index contributed by atoms with van der Waals surface area (Å²) >= 11 is 0. The molecule has 0 spiro atoms. The zero-order valence-electron chi connectivity index (χ0n) is 15.9. The maximum atomic E-state index is 5.81. The second-order valence-electron chi connectivity index (χ2n) is 7.17. The summed E-state index contributed by atoms with van der Waals surface area (Å²) in [5.74, 6) is 0.887. The lowest BCUT2D eigenvalue weighted by molar-refractivity contribution is 0.144. The summed E-state index contributed by atoms with van der Waals surface area (Å²) in [7, 11) is 1.75. The Hall–Kier alpha value is -2.59. The van der Waals surface area contributed by atoms with Crippen molar-refractivity contribution >= 4 is 0 Å². The van der Waals surface area contributed by atoms with Gasteiger partial charge >= 0.3 is 0 Å². The minimum Gasteiger partial charge on any atom is -0.492 e. The van der Waals surface area contributed by atoms with Gasteiger partial charge in [-0.1, -0.05) is 67.1 Å². The molecule has 2 heterocycles. The first kappa shape index (κ1) is 17.8. The van der Waals surface area contributed by atoms with Crippen LogP contribution in [0.25, 0.3) is 11.3 Å². The molecule has 1 atom stereocenters. The Morgan fingerprint density at radius 3 is 2.52 bits per heavy atom. The number of aromatic nitrogens is 2.